The average molecular weight is 368 g/mol. The van der Waals surface area contributed by atoms with Gasteiger partial charge in [-0.25, -0.2) is 0 Å². The summed E-state index contributed by atoms with van der Waals surface area (Å²) in [5, 5.41) is 3.32. The Kier molecular flexibility index (Phi) is 5.92. The maximum atomic E-state index is 12.4. The Bertz CT molecular complexity index is 477. The van der Waals surface area contributed by atoms with Crippen molar-refractivity contribution in [1.82, 2.24) is 5.32 Å². The number of ether oxygens (including phenoxy) is 1. The lowest BCUT2D eigenvalue weighted by Crippen LogP contribution is -2.35. The Hall–Kier alpha value is -0.530. The van der Waals surface area contributed by atoms with Gasteiger partial charge in [0.15, 0.2) is 0 Å². The Labute approximate surface area is 127 Å². The largest absolute Gasteiger partial charge is 0.434 e. The van der Waals surface area contributed by atoms with Gasteiger partial charge in [0.2, 0.25) is 0 Å². The molecule has 0 unspecified atom stereocenters. The van der Waals surface area contributed by atoms with E-state index in [1.54, 1.807) is 12.1 Å². The fourth-order valence-electron chi connectivity index (χ4n) is 2.15. The van der Waals surface area contributed by atoms with Crippen LogP contribution in [-0.4, -0.2) is 28.4 Å². The van der Waals surface area contributed by atoms with Crippen LogP contribution in [-0.2, 0) is 17.3 Å². The topological polar surface area (TPSA) is 38.3 Å². The molecule has 0 aliphatic carbocycles. The molecular weight excluding hydrogens is 352 g/mol. The van der Waals surface area contributed by atoms with E-state index >= 15 is 0 Å². The summed E-state index contributed by atoms with van der Waals surface area (Å²) >= 11 is 3.33. The van der Waals surface area contributed by atoms with Gasteiger partial charge in [-0.2, -0.15) is 8.78 Å². The zero-order valence-electron chi connectivity index (χ0n) is 10.8. The standard InChI is InChI=1S/C13H16BrF2NO2S/c14-10-1-2-12(19-13(15)16)9(7-10)8-17-11-3-5-20(18)6-4-11/h1-2,7,11,13,17H,3-6,8H2. The van der Waals surface area contributed by atoms with Crippen LogP contribution in [0.15, 0.2) is 22.7 Å². The van der Waals surface area contributed by atoms with Crippen LogP contribution in [0, 0.1) is 0 Å². The Morgan fingerprint density at radius 1 is 1.40 bits per heavy atom. The lowest BCUT2D eigenvalue weighted by atomic mass is 10.1. The number of hydrogen-bond acceptors (Lipinski definition) is 3. The van der Waals surface area contributed by atoms with Gasteiger partial charge in [-0.15, -0.1) is 0 Å². The van der Waals surface area contributed by atoms with Crippen molar-refractivity contribution in [2.45, 2.75) is 32.0 Å². The molecule has 0 atom stereocenters. The van der Waals surface area contributed by atoms with Gasteiger partial charge in [-0.3, -0.25) is 4.21 Å². The molecule has 112 valence electrons. The predicted molar refractivity (Wildman–Crippen MR) is 78.5 cm³/mol. The minimum Gasteiger partial charge on any atom is -0.434 e. The molecule has 1 aromatic carbocycles. The molecule has 0 bridgehead atoms. The fourth-order valence-corrected chi connectivity index (χ4v) is 3.86. The molecular formula is C13H16BrF2NO2S. The number of nitrogens with one attached hydrogen (secondary N) is 1. The first-order valence-corrected chi connectivity index (χ1v) is 8.64. The van der Waals surface area contributed by atoms with Crippen molar-refractivity contribution in [3.05, 3.63) is 28.2 Å². The van der Waals surface area contributed by atoms with E-state index in [0.29, 0.717) is 23.6 Å². The van der Waals surface area contributed by atoms with Crippen LogP contribution in [0.4, 0.5) is 8.78 Å². The molecule has 1 saturated heterocycles. The Balaban J connectivity index is 1.97. The van der Waals surface area contributed by atoms with Crippen molar-refractivity contribution in [2.24, 2.45) is 0 Å². The maximum Gasteiger partial charge on any atom is 0.387 e. The second-order valence-corrected chi connectivity index (χ2v) is 7.25. The molecule has 0 saturated carbocycles. The van der Waals surface area contributed by atoms with Gasteiger partial charge in [0.1, 0.15) is 5.75 Å². The number of halogens is 3. The molecule has 20 heavy (non-hydrogen) atoms. The molecule has 2 rings (SSSR count). The Morgan fingerprint density at radius 2 is 2.10 bits per heavy atom. The lowest BCUT2D eigenvalue weighted by Gasteiger charge is -2.23. The zero-order valence-corrected chi connectivity index (χ0v) is 13.2. The van der Waals surface area contributed by atoms with Gasteiger partial charge in [0.05, 0.1) is 0 Å². The van der Waals surface area contributed by atoms with Crippen LogP contribution in [0.2, 0.25) is 0 Å². The van der Waals surface area contributed by atoms with Crippen LogP contribution in [0.3, 0.4) is 0 Å². The second kappa shape index (κ2) is 7.47. The van der Waals surface area contributed by atoms with Gasteiger partial charge >= 0.3 is 6.61 Å². The molecule has 1 aliphatic heterocycles. The van der Waals surface area contributed by atoms with E-state index in [4.69, 9.17) is 0 Å². The highest BCUT2D eigenvalue weighted by molar-refractivity contribution is 9.10. The highest BCUT2D eigenvalue weighted by atomic mass is 79.9. The van der Waals surface area contributed by atoms with Crippen LogP contribution >= 0.6 is 15.9 Å². The molecule has 0 spiro atoms. The number of rotatable bonds is 5. The van der Waals surface area contributed by atoms with E-state index in [1.165, 1.54) is 6.07 Å². The predicted octanol–water partition coefficient (Wildman–Crippen LogP) is 3.05. The van der Waals surface area contributed by atoms with Crippen molar-refractivity contribution in [3.8, 4) is 5.75 Å². The molecule has 1 fully saturated rings. The van der Waals surface area contributed by atoms with Gasteiger partial charge < -0.3 is 10.1 Å². The van der Waals surface area contributed by atoms with Crippen molar-refractivity contribution in [1.29, 1.82) is 0 Å². The Morgan fingerprint density at radius 3 is 2.75 bits per heavy atom. The zero-order chi connectivity index (χ0) is 14.5. The summed E-state index contributed by atoms with van der Waals surface area (Å²) in [6, 6.07) is 5.26. The van der Waals surface area contributed by atoms with E-state index in [2.05, 4.69) is 26.0 Å². The quantitative estimate of drug-likeness (QED) is 0.868. The molecule has 7 heteroatoms. The summed E-state index contributed by atoms with van der Waals surface area (Å²) in [6.45, 7) is -2.37. The smallest absolute Gasteiger partial charge is 0.387 e. The van der Waals surface area contributed by atoms with Crippen molar-refractivity contribution >= 4 is 26.7 Å². The monoisotopic (exact) mass is 367 g/mol. The van der Waals surface area contributed by atoms with Crippen LogP contribution in [0.5, 0.6) is 5.75 Å². The van der Waals surface area contributed by atoms with Crippen LogP contribution in [0.25, 0.3) is 0 Å². The highest BCUT2D eigenvalue weighted by Gasteiger charge is 2.18. The lowest BCUT2D eigenvalue weighted by molar-refractivity contribution is -0.0505. The first-order valence-electron chi connectivity index (χ1n) is 6.36. The molecule has 0 aromatic heterocycles. The number of alkyl halides is 2. The van der Waals surface area contributed by atoms with Crippen LogP contribution in [0.1, 0.15) is 18.4 Å². The van der Waals surface area contributed by atoms with Gasteiger partial charge in [-0.05, 0) is 31.0 Å². The summed E-state index contributed by atoms with van der Waals surface area (Å²) in [6.07, 6.45) is 1.71. The van der Waals surface area contributed by atoms with E-state index in [1.807, 2.05) is 0 Å². The third-order valence-corrected chi connectivity index (χ3v) is 5.08. The SMILES string of the molecule is O=S1CCC(NCc2cc(Br)ccc2OC(F)F)CC1. The third kappa shape index (κ3) is 4.79. The minimum atomic E-state index is -2.83. The first-order chi connectivity index (χ1) is 9.54. The average Bonchev–Trinajstić information content (AvgIpc) is 2.40. The van der Waals surface area contributed by atoms with Gasteiger partial charge in [-0.1, -0.05) is 15.9 Å². The summed E-state index contributed by atoms with van der Waals surface area (Å²) in [4.78, 5) is 0. The molecule has 1 aliphatic rings. The highest BCUT2D eigenvalue weighted by Crippen LogP contribution is 2.25. The molecule has 0 radical (unpaired) electrons. The van der Waals surface area contributed by atoms with E-state index in [-0.39, 0.29) is 11.8 Å². The third-order valence-electron chi connectivity index (χ3n) is 3.21. The maximum absolute atomic E-state index is 12.4. The number of benzene rings is 1. The summed E-state index contributed by atoms with van der Waals surface area (Å²) in [7, 11) is -0.696. The molecule has 1 N–H and O–H groups in total. The summed E-state index contributed by atoms with van der Waals surface area (Å²) in [5.74, 6) is 1.60. The summed E-state index contributed by atoms with van der Waals surface area (Å²) in [5.41, 5.74) is 0.686. The van der Waals surface area contributed by atoms with Crippen LogP contribution < -0.4 is 10.1 Å². The first kappa shape index (κ1) is 15.9. The summed E-state index contributed by atoms with van der Waals surface area (Å²) < 4.78 is 41.3. The van der Waals surface area contributed by atoms with E-state index in [9.17, 15) is 13.0 Å². The van der Waals surface area contributed by atoms with Crippen molar-refractivity contribution in [2.75, 3.05) is 11.5 Å². The van der Waals surface area contributed by atoms with E-state index < -0.39 is 17.4 Å². The number of hydrogen-bond donors (Lipinski definition) is 1. The molecule has 1 aromatic rings. The van der Waals surface area contributed by atoms with Gasteiger partial charge in [0.25, 0.3) is 0 Å². The molecule has 1 heterocycles. The fraction of sp³-hybridized carbons (Fsp3) is 0.538. The van der Waals surface area contributed by atoms with Gasteiger partial charge in [0, 0.05) is 44.9 Å². The van der Waals surface area contributed by atoms with Crippen molar-refractivity contribution in [3.63, 3.8) is 0 Å². The second-order valence-electron chi connectivity index (χ2n) is 4.63. The minimum absolute atomic E-state index is 0.190. The normalized spacial score (nSPS) is 23.0. The molecule has 0 amide bonds. The van der Waals surface area contributed by atoms with E-state index in [0.717, 1.165) is 17.3 Å². The molecule has 3 nitrogen and oxygen atoms in total. The van der Waals surface area contributed by atoms with Crippen molar-refractivity contribution < 1.29 is 17.7 Å².